The summed E-state index contributed by atoms with van der Waals surface area (Å²) < 4.78 is 85.6. The lowest BCUT2D eigenvalue weighted by Gasteiger charge is -2.24. The predicted molar refractivity (Wildman–Crippen MR) is 71.5 cm³/mol. The van der Waals surface area contributed by atoms with Crippen molar-refractivity contribution in [2.24, 2.45) is 0 Å². The standard InChI is InChI=1S/C16H2F6N4/c17-11-7(5(1-23)2-24)13(19)15(21)10-9(11)16(22)14(20)8(12(10)18)6(3-25)4-26/h5,12H. The van der Waals surface area contributed by atoms with Gasteiger partial charge in [-0.05, 0) is 0 Å². The number of hydrogen-bond acceptors (Lipinski definition) is 4. The average Bonchev–Trinajstić information content (AvgIpc) is 2.63. The summed E-state index contributed by atoms with van der Waals surface area (Å²) in [6.07, 6.45) is -3.07. The zero-order valence-electron chi connectivity index (χ0n) is 12.2. The van der Waals surface area contributed by atoms with Gasteiger partial charge in [0, 0.05) is 5.56 Å². The predicted octanol–water partition coefficient (Wildman–Crippen LogP) is 4.21. The third-order valence-electron chi connectivity index (χ3n) is 3.59. The normalized spacial score (nSPS) is 15.7. The number of alkyl halides is 1. The maximum absolute atomic E-state index is 14.5. The quantitative estimate of drug-likeness (QED) is 0.424. The largest absolute Gasteiger partial charge is 0.237 e. The molecule has 10 heteroatoms. The van der Waals surface area contributed by atoms with E-state index in [4.69, 9.17) is 21.0 Å². The molecule has 0 heterocycles. The van der Waals surface area contributed by atoms with Gasteiger partial charge in [0.05, 0.1) is 28.8 Å². The maximum atomic E-state index is 14.5. The Balaban J connectivity index is 3.05. The number of rotatable bonds is 1. The van der Waals surface area contributed by atoms with Crippen LogP contribution < -0.4 is 0 Å². The Morgan fingerprint density at radius 2 is 1.35 bits per heavy atom. The molecule has 1 aromatic rings. The van der Waals surface area contributed by atoms with E-state index in [9.17, 15) is 26.3 Å². The van der Waals surface area contributed by atoms with Gasteiger partial charge in [-0.25, -0.2) is 26.3 Å². The van der Waals surface area contributed by atoms with E-state index in [0.717, 1.165) is 24.3 Å². The fourth-order valence-electron chi connectivity index (χ4n) is 2.42. The minimum Gasteiger partial charge on any atom is -0.237 e. The molecule has 0 fully saturated rings. The number of nitriles is 4. The highest BCUT2D eigenvalue weighted by Crippen LogP contribution is 2.49. The van der Waals surface area contributed by atoms with Crippen molar-refractivity contribution in [3.63, 3.8) is 0 Å². The van der Waals surface area contributed by atoms with Crippen LogP contribution in [0.1, 0.15) is 28.8 Å². The van der Waals surface area contributed by atoms with E-state index in [0.29, 0.717) is 0 Å². The van der Waals surface area contributed by atoms with Gasteiger partial charge in [0.2, 0.25) is 0 Å². The highest BCUT2D eigenvalue weighted by Gasteiger charge is 2.42. The SMILES string of the molecule is N#CC(C#N)=C1C(F)=C(F)c2c(F)c(C(C#N)C#N)c(F)c(F)c2C1F. The van der Waals surface area contributed by atoms with Crippen LogP contribution in [0.25, 0.3) is 5.83 Å². The number of hydrogen-bond donors (Lipinski definition) is 0. The van der Waals surface area contributed by atoms with Gasteiger partial charge in [0.1, 0.15) is 23.5 Å². The summed E-state index contributed by atoms with van der Waals surface area (Å²) in [4.78, 5) is 0. The Morgan fingerprint density at radius 3 is 1.81 bits per heavy atom. The first-order chi connectivity index (χ1) is 12.3. The Kier molecular flexibility index (Phi) is 4.73. The molecule has 0 N–H and O–H groups in total. The average molecular weight is 364 g/mol. The van der Waals surface area contributed by atoms with Gasteiger partial charge in [-0.1, -0.05) is 0 Å². The molecule has 0 aliphatic heterocycles. The van der Waals surface area contributed by atoms with Crippen LogP contribution >= 0.6 is 0 Å². The molecule has 2 rings (SSSR count). The maximum Gasteiger partial charge on any atom is 0.169 e. The first kappa shape index (κ1) is 18.6. The molecule has 1 unspecified atom stereocenters. The van der Waals surface area contributed by atoms with Crippen molar-refractivity contribution in [1.29, 1.82) is 21.0 Å². The number of benzene rings is 1. The molecule has 4 nitrogen and oxygen atoms in total. The van der Waals surface area contributed by atoms with Crippen molar-refractivity contribution < 1.29 is 26.3 Å². The zero-order valence-corrected chi connectivity index (χ0v) is 12.2. The van der Waals surface area contributed by atoms with Crippen molar-refractivity contribution in [2.45, 2.75) is 12.1 Å². The second-order valence-corrected chi connectivity index (χ2v) is 4.84. The summed E-state index contributed by atoms with van der Waals surface area (Å²) >= 11 is 0. The van der Waals surface area contributed by atoms with Crippen LogP contribution in [0.4, 0.5) is 26.3 Å². The Bertz CT molecular complexity index is 1030. The number of allylic oxidation sites excluding steroid dienone is 3. The molecule has 26 heavy (non-hydrogen) atoms. The topological polar surface area (TPSA) is 95.2 Å². The fourth-order valence-corrected chi connectivity index (χ4v) is 2.42. The lowest BCUT2D eigenvalue weighted by Crippen LogP contribution is -2.18. The van der Waals surface area contributed by atoms with Crippen molar-refractivity contribution in [3.05, 3.63) is 51.1 Å². The molecule has 128 valence electrons. The third kappa shape index (κ3) is 2.37. The zero-order chi connectivity index (χ0) is 19.8. The lowest BCUT2D eigenvalue weighted by atomic mass is 9.84. The molecule has 0 amide bonds. The molecule has 0 spiro atoms. The molecule has 1 aliphatic rings. The molecule has 1 aliphatic carbocycles. The van der Waals surface area contributed by atoms with Crippen LogP contribution in [0, 0.1) is 62.8 Å². The van der Waals surface area contributed by atoms with Gasteiger partial charge in [0.25, 0.3) is 0 Å². The van der Waals surface area contributed by atoms with E-state index < -0.39 is 69.0 Å². The Morgan fingerprint density at radius 1 is 0.808 bits per heavy atom. The minimum absolute atomic E-state index is 1.07. The summed E-state index contributed by atoms with van der Waals surface area (Å²) in [5.41, 5.74) is -7.54. The van der Waals surface area contributed by atoms with Crippen LogP contribution in [0.15, 0.2) is 17.0 Å². The fraction of sp³-hybridized carbons (Fsp3) is 0.125. The molecular weight excluding hydrogens is 362 g/mol. The molecule has 1 atom stereocenters. The van der Waals surface area contributed by atoms with Crippen molar-refractivity contribution >= 4 is 5.83 Å². The molecule has 0 bridgehead atoms. The number of fused-ring (bicyclic) bond motifs is 1. The summed E-state index contributed by atoms with van der Waals surface area (Å²) in [5.74, 6) is -12.9. The molecular formula is C16H2F6N4. The highest BCUT2D eigenvalue weighted by molar-refractivity contribution is 5.76. The lowest BCUT2D eigenvalue weighted by molar-refractivity contribution is 0.351. The van der Waals surface area contributed by atoms with Crippen molar-refractivity contribution in [3.8, 4) is 24.3 Å². The van der Waals surface area contributed by atoms with Crippen LogP contribution in [0.3, 0.4) is 0 Å². The van der Waals surface area contributed by atoms with E-state index in [-0.39, 0.29) is 0 Å². The summed E-state index contributed by atoms with van der Waals surface area (Å²) in [6.45, 7) is 0. The van der Waals surface area contributed by atoms with E-state index in [1.165, 1.54) is 0 Å². The molecule has 0 saturated heterocycles. The summed E-state index contributed by atoms with van der Waals surface area (Å²) in [5, 5.41) is 34.8. The van der Waals surface area contributed by atoms with Gasteiger partial charge in [-0.3, -0.25) is 0 Å². The number of halogens is 6. The molecule has 0 aromatic heterocycles. The summed E-state index contributed by atoms with van der Waals surface area (Å²) in [6, 6.07) is 4.42. The highest BCUT2D eigenvalue weighted by atomic mass is 19.2. The second-order valence-electron chi connectivity index (χ2n) is 4.84. The second kappa shape index (κ2) is 6.63. The van der Waals surface area contributed by atoms with E-state index >= 15 is 0 Å². The molecule has 1 aromatic carbocycles. The van der Waals surface area contributed by atoms with Crippen LogP contribution in [-0.2, 0) is 0 Å². The van der Waals surface area contributed by atoms with Crippen molar-refractivity contribution in [1.82, 2.24) is 0 Å². The number of nitrogens with zero attached hydrogens (tertiary/aromatic N) is 4. The van der Waals surface area contributed by atoms with E-state index in [1.54, 1.807) is 0 Å². The van der Waals surface area contributed by atoms with Crippen LogP contribution in [-0.4, -0.2) is 0 Å². The first-order valence-electron chi connectivity index (χ1n) is 6.50. The van der Waals surface area contributed by atoms with Gasteiger partial charge in [-0.2, -0.15) is 21.0 Å². The van der Waals surface area contributed by atoms with Gasteiger partial charge in [-0.15, -0.1) is 0 Å². The first-order valence-corrected chi connectivity index (χ1v) is 6.50. The van der Waals surface area contributed by atoms with Gasteiger partial charge in [0.15, 0.2) is 35.4 Å². The molecule has 0 saturated carbocycles. The Labute approximate surface area is 141 Å². The monoisotopic (exact) mass is 364 g/mol. The van der Waals surface area contributed by atoms with Crippen LogP contribution in [0.5, 0.6) is 0 Å². The van der Waals surface area contributed by atoms with Crippen molar-refractivity contribution in [2.75, 3.05) is 0 Å². The molecule has 0 radical (unpaired) electrons. The van der Waals surface area contributed by atoms with Gasteiger partial charge >= 0.3 is 0 Å². The third-order valence-corrected chi connectivity index (χ3v) is 3.59. The Hall–Kier alpha value is -3.76. The minimum atomic E-state index is -3.07. The summed E-state index contributed by atoms with van der Waals surface area (Å²) in [7, 11) is 0. The smallest absolute Gasteiger partial charge is 0.169 e. The van der Waals surface area contributed by atoms with E-state index in [1.807, 2.05) is 0 Å². The van der Waals surface area contributed by atoms with E-state index in [2.05, 4.69) is 0 Å². The van der Waals surface area contributed by atoms with Gasteiger partial charge < -0.3 is 0 Å². The van der Waals surface area contributed by atoms with Crippen LogP contribution in [0.2, 0.25) is 0 Å².